The number of hydroxylamine groups is 1. The van der Waals surface area contributed by atoms with Crippen LogP contribution >= 0.6 is 0 Å². The number of hydrogen-bond acceptors (Lipinski definition) is 3. The minimum atomic E-state index is -0.429. The molecule has 90 valence electrons. The molecular formula is C11H19N2O3+. The molecule has 1 unspecified atom stereocenters. The van der Waals surface area contributed by atoms with Crippen molar-refractivity contribution in [1.29, 1.82) is 0 Å². The Morgan fingerprint density at radius 1 is 1.56 bits per heavy atom. The van der Waals surface area contributed by atoms with Gasteiger partial charge in [0, 0.05) is 6.54 Å². The number of carbonyl (C=O) groups is 1. The maximum Gasteiger partial charge on any atom is 0.410 e. The lowest BCUT2D eigenvalue weighted by Crippen LogP contribution is -2.36. The molecule has 2 rings (SSSR count). The number of carbonyl (C=O) groups excluding carboxylic acids is 1. The summed E-state index contributed by atoms with van der Waals surface area (Å²) in [6.07, 6.45) is -0.234. The van der Waals surface area contributed by atoms with Crippen molar-refractivity contribution in [3.63, 3.8) is 0 Å². The molecule has 0 spiro atoms. The molecule has 0 bridgehead atoms. The predicted molar refractivity (Wildman–Crippen MR) is 58.4 cm³/mol. The first-order chi connectivity index (χ1) is 7.37. The van der Waals surface area contributed by atoms with Gasteiger partial charge in [-0.3, -0.25) is 9.74 Å². The summed E-state index contributed by atoms with van der Waals surface area (Å²) in [5.74, 6) is 0.345. The first-order valence-corrected chi connectivity index (χ1v) is 5.57. The Morgan fingerprint density at radius 3 is 2.81 bits per heavy atom. The molecule has 0 radical (unpaired) electrons. The molecule has 1 atom stereocenters. The Balaban J connectivity index is 1.99. The molecule has 2 aliphatic heterocycles. The van der Waals surface area contributed by atoms with Crippen LogP contribution in [0.4, 0.5) is 4.79 Å². The van der Waals surface area contributed by atoms with Crippen LogP contribution in [0.5, 0.6) is 0 Å². The predicted octanol–water partition coefficient (Wildman–Crippen LogP) is 0.882. The van der Waals surface area contributed by atoms with Crippen molar-refractivity contribution in [3.05, 3.63) is 0 Å². The van der Waals surface area contributed by atoms with Crippen LogP contribution in [-0.4, -0.2) is 53.8 Å². The van der Waals surface area contributed by atoms with Gasteiger partial charge in [0.1, 0.15) is 18.1 Å². The van der Waals surface area contributed by atoms with Crippen LogP contribution in [0.15, 0.2) is 0 Å². The van der Waals surface area contributed by atoms with Gasteiger partial charge in [-0.1, -0.05) is 0 Å². The summed E-state index contributed by atoms with van der Waals surface area (Å²) in [6, 6.07) is 0. The molecule has 0 saturated carbocycles. The first-order valence-electron chi connectivity index (χ1n) is 5.57. The fraction of sp³-hybridized carbons (Fsp3) is 0.818. The second-order valence-electron chi connectivity index (χ2n) is 5.34. The van der Waals surface area contributed by atoms with E-state index in [0.717, 1.165) is 0 Å². The van der Waals surface area contributed by atoms with E-state index in [2.05, 4.69) is 0 Å². The number of likely N-dealkylation sites (tertiary alicyclic amines) is 1. The minimum absolute atomic E-state index is 0.234. The highest BCUT2D eigenvalue weighted by molar-refractivity contribution is 5.90. The second kappa shape index (κ2) is 3.64. The fourth-order valence-corrected chi connectivity index (χ4v) is 2.02. The van der Waals surface area contributed by atoms with Gasteiger partial charge >= 0.3 is 6.09 Å². The maximum absolute atomic E-state index is 11.8. The first kappa shape index (κ1) is 11.2. The lowest BCUT2D eigenvalue weighted by atomic mass is 10.1. The highest BCUT2D eigenvalue weighted by Crippen LogP contribution is 2.21. The van der Waals surface area contributed by atoms with Gasteiger partial charge in [-0.2, -0.15) is 0 Å². The van der Waals surface area contributed by atoms with E-state index in [1.807, 2.05) is 27.8 Å². The smallest absolute Gasteiger partial charge is 0.410 e. The normalized spacial score (nSPS) is 24.5. The number of rotatable bonds is 0. The SMILES string of the molecule is C[N+]1=C2CN(C(=O)OC(C)(C)C)CC2CO1. The molecule has 0 aromatic rings. The van der Waals surface area contributed by atoms with Crippen LogP contribution in [0.2, 0.25) is 0 Å². The van der Waals surface area contributed by atoms with E-state index in [-0.39, 0.29) is 6.09 Å². The number of nitrogens with zero attached hydrogens (tertiary/aromatic N) is 2. The van der Waals surface area contributed by atoms with Gasteiger partial charge < -0.3 is 4.74 Å². The molecule has 5 nitrogen and oxygen atoms in total. The molecule has 0 N–H and O–H groups in total. The van der Waals surface area contributed by atoms with Crippen LogP contribution in [0, 0.1) is 5.92 Å². The summed E-state index contributed by atoms with van der Waals surface area (Å²) in [5, 5.41) is 0. The lowest BCUT2D eigenvalue weighted by molar-refractivity contribution is -0.759. The quantitative estimate of drug-likeness (QED) is 0.577. The van der Waals surface area contributed by atoms with Gasteiger partial charge in [-0.15, -0.1) is 0 Å². The van der Waals surface area contributed by atoms with E-state index in [0.29, 0.717) is 25.6 Å². The third-order valence-corrected chi connectivity index (χ3v) is 2.79. The Kier molecular flexibility index (Phi) is 2.56. The van der Waals surface area contributed by atoms with Gasteiger partial charge in [0.2, 0.25) is 5.71 Å². The van der Waals surface area contributed by atoms with Crippen LogP contribution < -0.4 is 0 Å². The minimum Gasteiger partial charge on any atom is -0.444 e. The summed E-state index contributed by atoms with van der Waals surface area (Å²) in [5.41, 5.74) is 0.743. The van der Waals surface area contributed by atoms with Crippen LogP contribution in [-0.2, 0) is 9.57 Å². The van der Waals surface area contributed by atoms with Gasteiger partial charge in [0.15, 0.2) is 13.7 Å². The van der Waals surface area contributed by atoms with Gasteiger partial charge in [-0.05, 0) is 25.5 Å². The zero-order valence-electron chi connectivity index (χ0n) is 10.3. The van der Waals surface area contributed by atoms with Gasteiger partial charge in [-0.25, -0.2) is 4.79 Å². The number of ether oxygens (including phenoxy) is 1. The molecule has 0 aromatic heterocycles. The third-order valence-electron chi connectivity index (χ3n) is 2.79. The standard InChI is InChI=1S/C11H19N2O3/c1-11(2,3)16-10(14)13-5-8-7-15-12(4)9(8)6-13/h8H,5-7H2,1-4H3/q+1. The van der Waals surface area contributed by atoms with Crippen molar-refractivity contribution < 1.29 is 19.1 Å². The fourth-order valence-electron chi connectivity index (χ4n) is 2.02. The van der Waals surface area contributed by atoms with Crippen molar-refractivity contribution in [2.45, 2.75) is 26.4 Å². The molecule has 0 aliphatic carbocycles. The van der Waals surface area contributed by atoms with Crippen LogP contribution in [0.1, 0.15) is 20.8 Å². The lowest BCUT2D eigenvalue weighted by Gasteiger charge is -2.23. The zero-order chi connectivity index (χ0) is 11.9. The molecule has 16 heavy (non-hydrogen) atoms. The third kappa shape index (κ3) is 2.13. The Hall–Kier alpha value is -1.26. The molecule has 0 aromatic carbocycles. The molecule has 1 fully saturated rings. The molecule has 1 saturated heterocycles. The van der Waals surface area contributed by atoms with Crippen LogP contribution in [0.25, 0.3) is 0 Å². The van der Waals surface area contributed by atoms with E-state index >= 15 is 0 Å². The summed E-state index contributed by atoms with van der Waals surface area (Å²) >= 11 is 0. The average molecular weight is 227 g/mol. The Labute approximate surface area is 95.6 Å². The Morgan fingerprint density at radius 2 is 2.25 bits per heavy atom. The molecular weight excluding hydrogens is 208 g/mol. The van der Waals surface area contributed by atoms with Crippen molar-refractivity contribution >= 4 is 11.8 Å². The number of amides is 1. The van der Waals surface area contributed by atoms with Gasteiger partial charge in [0.05, 0.1) is 0 Å². The topological polar surface area (TPSA) is 41.8 Å². The average Bonchev–Trinajstić information content (AvgIpc) is 2.65. The monoisotopic (exact) mass is 227 g/mol. The van der Waals surface area contributed by atoms with E-state index in [9.17, 15) is 4.79 Å². The van der Waals surface area contributed by atoms with E-state index in [1.54, 1.807) is 9.64 Å². The summed E-state index contributed by atoms with van der Waals surface area (Å²) < 4.78 is 7.11. The molecule has 2 aliphatic rings. The van der Waals surface area contributed by atoms with Crippen molar-refractivity contribution in [2.24, 2.45) is 5.92 Å². The maximum atomic E-state index is 11.8. The van der Waals surface area contributed by atoms with Gasteiger partial charge in [0.25, 0.3) is 0 Å². The van der Waals surface area contributed by atoms with Crippen molar-refractivity contribution in [3.8, 4) is 0 Å². The summed E-state index contributed by atoms with van der Waals surface area (Å²) in [6.45, 7) is 7.63. The van der Waals surface area contributed by atoms with E-state index < -0.39 is 5.60 Å². The Bertz CT molecular complexity index is 344. The van der Waals surface area contributed by atoms with Crippen molar-refractivity contribution in [1.82, 2.24) is 4.90 Å². The summed E-state index contributed by atoms with van der Waals surface area (Å²) in [4.78, 5) is 18.9. The van der Waals surface area contributed by atoms with Crippen molar-refractivity contribution in [2.75, 3.05) is 26.7 Å². The summed E-state index contributed by atoms with van der Waals surface area (Å²) in [7, 11) is 1.88. The molecule has 5 heteroatoms. The highest BCUT2D eigenvalue weighted by atomic mass is 16.7. The molecule has 2 heterocycles. The van der Waals surface area contributed by atoms with E-state index in [4.69, 9.17) is 9.57 Å². The second-order valence-corrected chi connectivity index (χ2v) is 5.34. The number of fused-ring (bicyclic) bond motifs is 1. The molecule has 1 amide bonds. The van der Waals surface area contributed by atoms with E-state index in [1.165, 1.54) is 5.71 Å². The highest BCUT2D eigenvalue weighted by Gasteiger charge is 2.44. The zero-order valence-corrected chi connectivity index (χ0v) is 10.3. The van der Waals surface area contributed by atoms with Crippen LogP contribution in [0.3, 0.4) is 0 Å². The largest absolute Gasteiger partial charge is 0.444 e. The number of hydrogen-bond donors (Lipinski definition) is 0.